The van der Waals surface area contributed by atoms with Gasteiger partial charge in [-0.2, -0.15) is 13.2 Å². The molecule has 0 aliphatic heterocycles. The summed E-state index contributed by atoms with van der Waals surface area (Å²) >= 11 is 0. The highest BCUT2D eigenvalue weighted by Crippen LogP contribution is 2.47. The Kier molecular flexibility index (Phi) is 4.29. The lowest BCUT2D eigenvalue weighted by Gasteiger charge is -2.20. The van der Waals surface area contributed by atoms with E-state index in [9.17, 15) is 13.2 Å². The lowest BCUT2D eigenvalue weighted by Crippen LogP contribution is -2.13. The van der Waals surface area contributed by atoms with Gasteiger partial charge in [-0.1, -0.05) is 53.3 Å². The molecule has 0 amide bonds. The third kappa shape index (κ3) is 3.07. The number of benzene rings is 1. The number of halogens is 3. The Bertz CT molecular complexity index is 1060. The number of alkyl halides is 3. The van der Waals surface area contributed by atoms with E-state index in [-0.39, 0.29) is 23.1 Å². The van der Waals surface area contributed by atoms with Crippen molar-refractivity contribution in [3.8, 4) is 22.7 Å². The van der Waals surface area contributed by atoms with Crippen LogP contribution in [-0.4, -0.2) is 10.3 Å². The molecule has 7 heteroatoms. The number of aromatic nitrogens is 2. The second kappa shape index (κ2) is 6.75. The maximum atomic E-state index is 14.0. The summed E-state index contributed by atoms with van der Waals surface area (Å²) in [4.78, 5) is 0. The number of hydrogen-bond acceptors (Lipinski definition) is 4. The van der Waals surface area contributed by atoms with Crippen molar-refractivity contribution in [3.05, 3.63) is 46.2 Å². The smallest absolute Gasteiger partial charge is 0.360 e. The zero-order valence-corrected chi connectivity index (χ0v) is 16.1. The molecule has 0 unspecified atom stereocenters. The number of nitrogens with zero attached hydrogens (tertiary/aromatic N) is 2. The topological polar surface area (TPSA) is 52.1 Å². The Balaban J connectivity index is 1.63. The van der Waals surface area contributed by atoms with Crippen molar-refractivity contribution in [1.82, 2.24) is 10.3 Å². The van der Waals surface area contributed by atoms with E-state index >= 15 is 0 Å². The van der Waals surface area contributed by atoms with Crippen molar-refractivity contribution in [2.24, 2.45) is 0 Å². The van der Waals surface area contributed by atoms with E-state index < -0.39 is 11.7 Å². The molecule has 3 aromatic rings. The van der Waals surface area contributed by atoms with Gasteiger partial charge in [-0.25, -0.2) is 0 Å². The molecule has 1 aromatic carbocycles. The summed E-state index contributed by atoms with van der Waals surface area (Å²) in [5, 5.41) is 7.97. The van der Waals surface area contributed by atoms with Crippen molar-refractivity contribution in [2.75, 3.05) is 0 Å². The molecule has 0 bridgehead atoms. The molecule has 1 fully saturated rings. The van der Waals surface area contributed by atoms with Crippen LogP contribution in [0.2, 0.25) is 0 Å². The standard InChI is InChI=1S/C22H21F3N2O2/c1-12-7-9-15-14(11-12)8-10-16-18(15)26-29-21(16)19-17(22(23,24)25)20(28-27-19)13-5-3-2-4-6-13/h7,9,11,13H,2-6,8,10H2,1H3. The van der Waals surface area contributed by atoms with Gasteiger partial charge in [0, 0.05) is 17.0 Å². The van der Waals surface area contributed by atoms with Crippen molar-refractivity contribution in [1.29, 1.82) is 0 Å². The second-order valence-electron chi connectivity index (χ2n) is 8.10. The monoisotopic (exact) mass is 402 g/mol. The number of rotatable bonds is 2. The van der Waals surface area contributed by atoms with Gasteiger partial charge in [-0.3, -0.25) is 0 Å². The first-order chi connectivity index (χ1) is 13.9. The molecule has 2 heterocycles. The van der Waals surface area contributed by atoms with E-state index in [4.69, 9.17) is 9.05 Å². The van der Waals surface area contributed by atoms with Crippen LogP contribution in [0.15, 0.2) is 27.2 Å². The quantitative estimate of drug-likeness (QED) is 0.493. The van der Waals surface area contributed by atoms with Crippen LogP contribution in [0.25, 0.3) is 22.7 Å². The van der Waals surface area contributed by atoms with Crippen molar-refractivity contribution < 1.29 is 22.2 Å². The van der Waals surface area contributed by atoms with Gasteiger partial charge in [0.15, 0.2) is 17.2 Å². The molecule has 1 saturated carbocycles. The minimum Gasteiger partial charge on any atom is -0.360 e. The Labute approximate surface area is 166 Å². The number of fused-ring (bicyclic) bond motifs is 3. The Morgan fingerprint density at radius 1 is 0.966 bits per heavy atom. The summed E-state index contributed by atoms with van der Waals surface area (Å²) in [5.74, 6) is -0.211. The molecule has 0 atom stereocenters. The fourth-order valence-electron chi connectivity index (χ4n) is 4.73. The molecule has 29 heavy (non-hydrogen) atoms. The first-order valence-electron chi connectivity index (χ1n) is 10.1. The van der Waals surface area contributed by atoms with E-state index in [0.29, 0.717) is 30.5 Å². The highest BCUT2D eigenvalue weighted by Gasteiger charge is 2.44. The van der Waals surface area contributed by atoms with Crippen LogP contribution in [-0.2, 0) is 19.0 Å². The van der Waals surface area contributed by atoms with Gasteiger partial charge in [0.1, 0.15) is 11.3 Å². The van der Waals surface area contributed by atoms with Gasteiger partial charge < -0.3 is 9.05 Å². The SMILES string of the molecule is Cc1ccc2c(c1)CCc1c-2noc1-c1noc(C2CCCCC2)c1C(F)(F)F. The molecule has 2 aliphatic carbocycles. The van der Waals surface area contributed by atoms with Crippen LogP contribution in [0, 0.1) is 6.92 Å². The molecular weight excluding hydrogens is 381 g/mol. The van der Waals surface area contributed by atoms with Gasteiger partial charge in [-0.05, 0) is 38.2 Å². The zero-order valence-electron chi connectivity index (χ0n) is 16.1. The first kappa shape index (κ1) is 18.5. The van der Waals surface area contributed by atoms with E-state index in [1.807, 2.05) is 19.1 Å². The largest absolute Gasteiger partial charge is 0.422 e. The van der Waals surface area contributed by atoms with Crippen LogP contribution in [0.1, 0.15) is 66.0 Å². The van der Waals surface area contributed by atoms with Gasteiger partial charge in [0.2, 0.25) is 0 Å². The van der Waals surface area contributed by atoms with E-state index in [2.05, 4.69) is 16.4 Å². The van der Waals surface area contributed by atoms with Crippen LogP contribution in [0.5, 0.6) is 0 Å². The van der Waals surface area contributed by atoms with Crippen molar-refractivity contribution >= 4 is 0 Å². The molecule has 2 aromatic heterocycles. The van der Waals surface area contributed by atoms with Crippen LogP contribution >= 0.6 is 0 Å². The number of aryl methyl sites for hydroxylation is 2. The highest BCUT2D eigenvalue weighted by atomic mass is 19.4. The average Bonchev–Trinajstić information content (AvgIpc) is 3.32. The lowest BCUT2D eigenvalue weighted by molar-refractivity contribution is -0.138. The van der Waals surface area contributed by atoms with Crippen LogP contribution in [0.3, 0.4) is 0 Å². The molecule has 0 N–H and O–H groups in total. The normalized spacial score (nSPS) is 17.2. The summed E-state index contributed by atoms with van der Waals surface area (Å²) in [7, 11) is 0. The fourth-order valence-corrected chi connectivity index (χ4v) is 4.73. The maximum absolute atomic E-state index is 14.0. The minimum atomic E-state index is -4.56. The predicted octanol–water partition coefficient (Wildman–Crippen LogP) is 6.47. The molecule has 152 valence electrons. The van der Waals surface area contributed by atoms with Crippen LogP contribution in [0.4, 0.5) is 13.2 Å². The highest BCUT2D eigenvalue weighted by molar-refractivity contribution is 5.76. The third-order valence-corrected chi connectivity index (χ3v) is 6.14. The van der Waals surface area contributed by atoms with E-state index in [1.54, 1.807) is 0 Å². The Morgan fingerprint density at radius 3 is 2.48 bits per heavy atom. The molecule has 0 radical (unpaired) electrons. The summed E-state index contributed by atoms with van der Waals surface area (Å²) < 4.78 is 52.9. The summed E-state index contributed by atoms with van der Waals surface area (Å²) in [5.41, 5.74) is 3.42. The van der Waals surface area contributed by atoms with Gasteiger partial charge >= 0.3 is 6.18 Å². The molecular formula is C22H21F3N2O2. The Hall–Kier alpha value is -2.57. The fraction of sp³-hybridized carbons (Fsp3) is 0.455. The molecule has 0 saturated heterocycles. The number of hydrogen-bond donors (Lipinski definition) is 0. The molecule has 4 nitrogen and oxygen atoms in total. The molecule has 2 aliphatic rings. The lowest BCUT2D eigenvalue weighted by atomic mass is 9.84. The summed E-state index contributed by atoms with van der Waals surface area (Å²) in [6.45, 7) is 2.02. The average molecular weight is 402 g/mol. The van der Waals surface area contributed by atoms with Crippen LogP contribution < -0.4 is 0 Å². The molecule has 5 rings (SSSR count). The third-order valence-electron chi connectivity index (χ3n) is 6.14. The second-order valence-corrected chi connectivity index (χ2v) is 8.10. The van der Waals surface area contributed by atoms with E-state index in [1.165, 1.54) is 0 Å². The van der Waals surface area contributed by atoms with Crippen molar-refractivity contribution in [3.63, 3.8) is 0 Å². The van der Waals surface area contributed by atoms with Gasteiger partial charge in [-0.15, -0.1) is 0 Å². The minimum absolute atomic E-state index is 0.0517. The summed E-state index contributed by atoms with van der Waals surface area (Å²) in [6, 6.07) is 6.02. The first-order valence-corrected chi connectivity index (χ1v) is 10.1. The van der Waals surface area contributed by atoms with Gasteiger partial charge in [0.25, 0.3) is 0 Å². The summed E-state index contributed by atoms with van der Waals surface area (Å²) in [6.07, 6.45) is 0.981. The van der Waals surface area contributed by atoms with Gasteiger partial charge in [0.05, 0.1) is 0 Å². The van der Waals surface area contributed by atoms with E-state index in [0.717, 1.165) is 42.4 Å². The zero-order chi connectivity index (χ0) is 20.2. The van der Waals surface area contributed by atoms with Crippen molar-refractivity contribution in [2.45, 2.75) is 64.0 Å². The molecule has 0 spiro atoms. The predicted molar refractivity (Wildman–Crippen MR) is 100 cm³/mol. The maximum Gasteiger partial charge on any atom is 0.422 e. The Morgan fingerprint density at radius 2 is 1.72 bits per heavy atom.